The average Bonchev–Trinajstić information content (AvgIpc) is 3.08. The van der Waals surface area contributed by atoms with Gasteiger partial charge in [-0.2, -0.15) is 0 Å². The third kappa shape index (κ3) is 4.33. The summed E-state index contributed by atoms with van der Waals surface area (Å²) in [6, 6.07) is 13.9. The first kappa shape index (κ1) is 17.8. The predicted molar refractivity (Wildman–Crippen MR) is 95.1 cm³/mol. The summed E-state index contributed by atoms with van der Waals surface area (Å²) in [5.74, 6) is 0.490. The number of esters is 1. The Morgan fingerprint density at radius 1 is 1.08 bits per heavy atom. The van der Waals surface area contributed by atoms with Crippen molar-refractivity contribution in [2.45, 2.75) is 32.4 Å². The van der Waals surface area contributed by atoms with Gasteiger partial charge in [0.15, 0.2) is 11.5 Å². The van der Waals surface area contributed by atoms with Crippen LogP contribution < -0.4 is 14.8 Å². The van der Waals surface area contributed by atoms with E-state index in [-0.39, 0.29) is 31.2 Å². The Kier molecular flexibility index (Phi) is 5.41. The van der Waals surface area contributed by atoms with E-state index in [0.717, 1.165) is 5.56 Å². The number of ether oxygens (including phenoxy) is 3. The van der Waals surface area contributed by atoms with Crippen LogP contribution in [-0.4, -0.2) is 24.8 Å². The number of rotatable bonds is 6. The van der Waals surface area contributed by atoms with Crippen LogP contribution in [0.1, 0.15) is 42.2 Å². The van der Waals surface area contributed by atoms with Crippen molar-refractivity contribution in [1.82, 2.24) is 5.32 Å². The lowest BCUT2D eigenvalue weighted by Gasteiger charge is -2.19. The highest BCUT2D eigenvalue weighted by Crippen LogP contribution is 2.32. The highest BCUT2D eigenvalue weighted by molar-refractivity contribution is 5.95. The molecule has 0 fully saturated rings. The zero-order chi connectivity index (χ0) is 18.5. The van der Waals surface area contributed by atoms with E-state index in [0.29, 0.717) is 17.1 Å². The van der Waals surface area contributed by atoms with Gasteiger partial charge in [-0.05, 0) is 37.6 Å². The predicted octanol–water partition coefficient (Wildman–Crippen LogP) is 3.23. The largest absolute Gasteiger partial charge is 0.463 e. The van der Waals surface area contributed by atoms with Crippen molar-refractivity contribution in [2.75, 3.05) is 6.79 Å². The molecule has 1 aliphatic rings. The molecule has 136 valence electrons. The third-order valence-electron chi connectivity index (χ3n) is 3.88. The van der Waals surface area contributed by atoms with Crippen molar-refractivity contribution in [3.8, 4) is 11.5 Å². The number of benzene rings is 2. The molecule has 0 aliphatic carbocycles. The van der Waals surface area contributed by atoms with Gasteiger partial charge in [-0.15, -0.1) is 0 Å². The van der Waals surface area contributed by atoms with E-state index in [1.807, 2.05) is 30.3 Å². The Morgan fingerprint density at radius 2 is 1.81 bits per heavy atom. The monoisotopic (exact) mass is 355 g/mol. The van der Waals surface area contributed by atoms with Crippen molar-refractivity contribution >= 4 is 11.9 Å². The van der Waals surface area contributed by atoms with Gasteiger partial charge in [0.2, 0.25) is 6.79 Å². The van der Waals surface area contributed by atoms with Crippen LogP contribution in [0.25, 0.3) is 0 Å². The summed E-state index contributed by atoms with van der Waals surface area (Å²) in [7, 11) is 0. The molecule has 2 aromatic rings. The average molecular weight is 355 g/mol. The van der Waals surface area contributed by atoms with E-state index >= 15 is 0 Å². The SMILES string of the molecule is CC(C)OC(=O)CC(NC(=O)c1ccc2c(c1)OCO2)c1ccccc1. The molecule has 0 radical (unpaired) electrons. The molecule has 1 heterocycles. The van der Waals surface area contributed by atoms with Gasteiger partial charge in [-0.3, -0.25) is 9.59 Å². The lowest BCUT2D eigenvalue weighted by Crippen LogP contribution is -2.31. The highest BCUT2D eigenvalue weighted by Gasteiger charge is 2.22. The zero-order valence-corrected chi connectivity index (χ0v) is 14.7. The van der Waals surface area contributed by atoms with Crippen molar-refractivity contribution in [3.05, 3.63) is 59.7 Å². The standard InChI is InChI=1S/C20H21NO5/c1-13(2)26-19(22)11-16(14-6-4-3-5-7-14)21-20(23)15-8-9-17-18(10-15)25-12-24-17/h3-10,13,16H,11-12H2,1-2H3,(H,21,23). The fourth-order valence-corrected chi connectivity index (χ4v) is 2.69. The summed E-state index contributed by atoms with van der Waals surface area (Å²) in [6.45, 7) is 3.73. The van der Waals surface area contributed by atoms with Crippen LogP contribution in [0.4, 0.5) is 0 Å². The number of hydrogen-bond donors (Lipinski definition) is 1. The Bertz CT molecular complexity index is 788. The molecule has 0 saturated carbocycles. The molecule has 2 aromatic carbocycles. The van der Waals surface area contributed by atoms with Gasteiger partial charge in [-0.1, -0.05) is 30.3 Å². The molecule has 1 N–H and O–H groups in total. The number of hydrogen-bond acceptors (Lipinski definition) is 5. The zero-order valence-electron chi connectivity index (χ0n) is 14.7. The number of amides is 1. The van der Waals surface area contributed by atoms with Crippen molar-refractivity contribution in [3.63, 3.8) is 0 Å². The first-order valence-electron chi connectivity index (χ1n) is 8.48. The van der Waals surface area contributed by atoms with E-state index in [1.54, 1.807) is 32.0 Å². The Morgan fingerprint density at radius 3 is 2.54 bits per heavy atom. The number of carbonyl (C=O) groups is 2. The molecule has 1 aliphatic heterocycles. The van der Waals surface area contributed by atoms with E-state index in [2.05, 4.69) is 5.32 Å². The van der Waals surface area contributed by atoms with Gasteiger partial charge in [0.1, 0.15) is 0 Å². The minimum Gasteiger partial charge on any atom is -0.463 e. The summed E-state index contributed by atoms with van der Waals surface area (Å²) in [5, 5.41) is 2.91. The lowest BCUT2D eigenvalue weighted by molar-refractivity contribution is -0.147. The van der Waals surface area contributed by atoms with Crippen molar-refractivity contribution in [2.24, 2.45) is 0 Å². The highest BCUT2D eigenvalue weighted by atomic mass is 16.7. The maximum atomic E-state index is 12.7. The van der Waals surface area contributed by atoms with Gasteiger partial charge >= 0.3 is 5.97 Å². The number of nitrogens with one attached hydrogen (secondary N) is 1. The molecule has 1 unspecified atom stereocenters. The molecule has 6 heteroatoms. The lowest BCUT2D eigenvalue weighted by atomic mass is 10.0. The molecule has 3 rings (SSSR count). The second kappa shape index (κ2) is 7.91. The normalized spacial score (nSPS) is 13.3. The second-order valence-electron chi connectivity index (χ2n) is 6.25. The van der Waals surface area contributed by atoms with Gasteiger partial charge in [0, 0.05) is 5.56 Å². The molecule has 0 saturated heterocycles. The quantitative estimate of drug-likeness (QED) is 0.806. The van der Waals surface area contributed by atoms with Crippen LogP contribution >= 0.6 is 0 Å². The first-order valence-corrected chi connectivity index (χ1v) is 8.48. The fraction of sp³-hybridized carbons (Fsp3) is 0.300. The number of fused-ring (bicyclic) bond motifs is 1. The van der Waals surface area contributed by atoms with Crippen LogP contribution in [0.3, 0.4) is 0 Å². The van der Waals surface area contributed by atoms with Gasteiger partial charge in [0.05, 0.1) is 18.6 Å². The molecule has 0 aromatic heterocycles. The second-order valence-corrected chi connectivity index (χ2v) is 6.25. The van der Waals surface area contributed by atoms with Crippen LogP contribution in [0.15, 0.2) is 48.5 Å². The van der Waals surface area contributed by atoms with Crippen LogP contribution in [0, 0.1) is 0 Å². The van der Waals surface area contributed by atoms with Crippen molar-refractivity contribution in [1.29, 1.82) is 0 Å². The van der Waals surface area contributed by atoms with E-state index in [9.17, 15) is 9.59 Å². The molecule has 6 nitrogen and oxygen atoms in total. The van der Waals surface area contributed by atoms with E-state index in [4.69, 9.17) is 14.2 Å². The molecule has 0 bridgehead atoms. The summed E-state index contributed by atoms with van der Waals surface area (Å²) in [6.07, 6.45) is -0.151. The van der Waals surface area contributed by atoms with E-state index < -0.39 is 6.04 Å². The van der Waals surface area contributed by atoms with Crippen LogP contribution in [0.2, 0.25) is 0 Å². The minimum absolute atomic E-state index is 0.0541. The molecular weight excluding hydrogens is 334 g/mol. The van der Waals surface area contributed by atoms with Crippen LogP contribution in [-0.2, 0) is 9.53 Å². The third-order valence-corrected chi connectivity index (χ3v) is 3.88. The molecule has 26 heavy (non-hydrogen) atoms. The molecule has 1 atom stereocenters. The van der Waals surface area contributed by atoms with E-state index in [1.165, 1.54) is 0 Å². The smallest absolute Gasteiger partial charge is 0.308 e. The van der Waals surface area contributed by atoms with Gasteiger partial charge in [0.25, 0.3) is 5.91 Å². The molecule has 1 amide bonds. The minimum atomic E-state index is -0.486. The van der Waals surface area contributed by atoms with Gasteiger partial charge < -0.3 is 19.5 Å². The summed E-state index contributed by atoms with van der Waals surface area (Å²) in [4.78, 5) is 24.8. The maximum absolute atomic E-state index is 12.7. The summed E-state index contributed by atoms with van der Waals surface area (Å²) in [5.41, 5.74) is 1.27. The van der Waals surface area contributed by atoms with Crippen molar-refractivity contribution < 1.29 is 23.8 Å². The maximum Gasteiger partial charge on any atom is 0.308 e. The fourth-order valence-electron chi connectivity index (χ4n) is 2.69. The Balaban J connectivity index is 1.76. The molecule has 0 spiro atoms. The Labute approximate surface area is 152 Å². The Hall–Kier alpha value is -3.02. The topological polar surface area (TPSA) is 73.9 Å². The molecular formula is C20H21NO5. The van der Waals surface area contributed by atoms with Gasteiger partial charge in [-0.25, -0.2) is 0 Å². The number of carbonyl (C=O) groups excluding carboxylic acids is 2. The summed E-state index contributed by atoms with van der Waals surface area (Å²) < 4.78 is 15.8. The summed E-state index contributed by atoms with van der Waals surface area (Å²) >= 11 is 0. The first-order chi connectivity index (χ1) is 12.5. The van der Waals surface area contributed by atoms with Crippen LogP contribution in [0.5, 0.6) is 11.5 Å².